The van der Waals surface area contributed by atoms with Crippen molar-refractivity contribution >= 4 is 29.9 Å². The first-order valence-corrected chi connectivity index (χ1v) is 9.72. The number of benzene rings is 1. The fourth-order valence-electron chi connectivity index (χ4n) is 3.40. The maximum Gasteiger partial charge on any atom is 0.191 e. The van der Waals surface area contributed by atoms with Gasteiger partial charge >= 0.3 is 0 Å². The highest BCUT2D eigenvalue weighted by molar-refractivity contribution is 14.0. The van der Waals surface area contributed by atoms with Gasteiger partial charge in [0, 0.05) is 25.6 Å². The lowest BCUT2D eigenvalue weighted by Gasteiger charge is -2.18. The standard InChI is InChI=1S/C20H30N6.HI/c1-3-19-25-23-15-26(19)13-12-21-20(24-18-10-6-7-11-18)22-14-17-9-5-4-8-16(17)2;/h4-5,8-9,15,18H,3,6-7,10-14H2,1-2H3,(H2,21,22,24);1H. The first-order valence-electron chi connectivity index (χ1n) is 9.72. The van der Waals surface area contributed by atoms with Crippen LogP contribution in [0.15, 0.2) is 35.6 Å². The molecule has 1 aliphatic rings. The van der Waals surface area contributed by atoms with E-state index in [1.165, 1.54) is 36.8 Å². The van der Waals surface area contributed by atoms with E-state index in [4.69, 9.17) is 4.99 Å². The Hall–Kier alpha value is -1.64. The molecule has 1 saturated carbocycles. The predicted octanol–water partition coefficient (Wildman–Crippen LogP) is 3.44. The molecule has 1 heterocycles. The Kier molecular flexibility index (Phi) is 9.03. The molecule has 3 rings (SSSR count). The summed E-state index contributed by atoms with van der Waals surface area (Å²) >= 11 is 0. The molecule has 27 heavy (non-hydrogen) atoms. The lowest BCUT2D eigenvalue weighted by Crippen LogP contribution is -2.43. The normalized spacial score (nSPS) is 14.8. The summed E-state index contributed by atoms with van der Waals surface area (Å²) in [5, 5.41) is 15.2. The van der Waals surface area contributed by atoms with Crippen molar-refractivity contribution in [1.29, 1.82) is 0 Å². The quantitative estimate of drug-likeness (QED) is 0.361. The van der Waals surface area contributed by atoms with Crippen molar-refractivity contribution in [2.24, 2.45) is 4.99 Å². The van der Waals surface area contributed by atoms with Crippen LogP contribution in [-0.2, 0) is 19.5 Å². The van der Waals surface area contributed by atoms with Crippen molar-refractivity contribution in [3.8, 4) is 0 Å². The summed E-state index contributed by atoms with van der Waals surface area (Å²) in [6.07, 6.45) is 7.78. The molecule has 6 nitrogen and oxygen atoms in total. The minimum Gasteiger partial charge on any atom is -0.355 e. The highest BCUT2D eigenvalue weighted by atomic mass is 127. The van der Waals surface area contributed by atoms with Crippen molar-refractivity contribution < 1.29 is 0 Å². The molecule has 0 saturated heterocycles. The second-order valence-corrected chi connectivity index (χ2v) is 6.94. The van der Waals surface area contributed by atoms with E-state index in [2.05, 4.69) is 63.5 Å². The summed E-state index contributed by atoms with van der Waals surface area (Å²) in [6, 6.07) is 8.98. The maximum absolute atomic E-state index is 4.83. The van der Waals surface area contributed by atoms with Gasteiger partial charge in [0.05, 0.1) is 6.54 Å². The van der Waals surface area contributed by atoms with Crippen molar-refractivity contribution in [2.75, 3.05) is 6.54 Å². The zero-order chi connectivity index (χ0) is 18.2. The van der Waals surface area contributed by atoms with Crippen LogP contribution in [0.25, 0.3) is 0 Å². The molecule has 7 heteroatoms. The molecule has 0 aliphatic heterocycles. The van der Waals surface area contributed by atoms with Crippen LogP contribution in [0.5, 0.6) is 0 Å². The first-order chi connectivity index (χ1) is 12.8. The summed E-state index contributed by atoms with van der Waals surface area (Å²) in [7, 11) is 0. The summed E-state index contributed by atoms with van der Waals surface area (Å²) in [5.41, 5.74) is 2.56. The Labute approximate surface area is 179 Å². The van der Waals surface area contributed by atoms with Crippen molar-refractivity contribution in [3.05, 3.63) is 47.5 Å². The smallest absolute Gasteiger partial charge is 0.191 e. The summed E-state index contributed by atoms with van der Waals surface area (Å²) in [4.78, 5) is 4.83. The van der Waals surface area contributed by atoms with E-state index >= 15 is 0 Å². The van der Waals surface area contributed by atoms with Gasteiger partial charge in [0.25, 0.3) is 0 Å². The molecular weight excluding hydrogens is 451 g/mol. The average Bonchev–Trinajstić information content (AvgIpc) is 3.32. The van der Waals surface area contributed by atoms with Gasteiger partial charge in [0.15, 0.2) is 5.96 Å². The fourth-order valence-corrected chi connectivity index (χ4v) is 3.40. The van der Waals surface area contributed by atoms with Gasteiger partial charge < -0.3 is 15.2 Å². The Morgan fingerprint density at radius 3 is 2.78 bits per heavy atom. The SMILES string of the molecule is CCc1nncn1CCNC(=NCc1ccccc1C)NC1CCCC1.I. The van der Waals surface area contributed by atoms with Crippen LogP contribution in [0.2, 0.25) is 0 Å². The van der Waals surface area contributed by atoms with E-state index < -0.39 is 0 Å². The summed E-state index contributed by atoms with van der Waals surface area (Å²) in [5.74, 6) is 1.93. The molecule has 2 aromatic rings. The molecule has 2 N–H and O–H groups in total. The second-order valence-electron chi connectivity index (χ2n) is 6.94. The number of halogens is 1. The van der Waals surface area contributed by atoms with Gasteiger partial charge in [-0.25, -0.2) is 4.99 Å². The molecule has 1 aliphatic carbocycles. The largest absolute Gasteiger partial charge is 0.355 e. The summed E-state index contributed by atoms with van der Waals surface area (Å²) < 4.78 is 2.10. The molecule has 1 fully saturated rings. The van der Waals surface area contributed by atoms with Crippen molar-refractivity contribution in [2.45, 2.75) is 65.1 Å². The maximum atomic E-state index is 4.83. The number of aromatic nitrogens is 3. The molecule has 0 spiro atoms. The third-order valence-corrected chi connectivity index (χ3v) is 5.02. The lowest BCUT2D eigenvalue weighted by atomic mass is 10.1. The minimum absolute atomic E-state index is 0. The van der Waals surface area contributed by atoms with Crippen molar-refractivity contribution in [1.82, 2.24) is 25.4 Å². The molecule has 0 unspecified atom stereocenters. The van der Waals surface area contributed by atoms with Gasteiger partial charge in [0.1, 0.15) is 12.2 Å². The number of rotatable bonds is 7. The number of hydrogen-bond acceptors (Lipinski definition) is 3. The third-order valence-electron chi connectivity index (χ3n) is 5.02. The van der Waals surface area contributed by atoms with E-state index in [-0.39, 0.29) is 24.0 Å². The van der Waals surface area contributed by atoms with Gasteiger partial charge in [-0.1, -0.05) is 44.0 Å². The van der Waals surface area contributed by atoms with Crippen LogP contribution < -0.4 is 10.6 Å². The van der Waals surface area contributed by atoms with E-state index in [1.54, 1.807) is 6.33 Å². The van der Waals surface area contributed by atoms with Gasteiger partial charge in [0.2, 0.25) is 0 Å². The second kappa shape index (κ2) is 11.3. The Morgan fingerprint density at radius 2 is 2.04 bits per heavy atom. The third kappa shape index (κ3) is 6.48. The Morgan fingerprint density at radius 1 is 1.26 bits per heavy atom. The average molecular weight is 482 g/mol. The molecular formula is C20H31IN6. The topological polar surface area (TPSA) is 67.1 Å². The first kappa shape index (κ1) is 21.7. The van der Waals surface area contributed by atoms with E-state index in [9.17, 15) is 0 Å². The fraction of sp³-hybridized carbons (Fsp3) is 0.550. The molecule has 148 valence electrons. The van der Waals surface area contributed by atoms with Crippen LogP contribution in [0, 0.1) is 6.92 Å². The van der Waals surface area contributed by atoms with Gasteiger partial charge in [-0.15, -0.1) is 34.2 Å². The molecule has 0 atom stereocenters. The Balaban J connectivity index is 0.00000261. The highest BCUT2D eigenvalue weighted by Crippen LogP contribution is 2.17. The number of hydrogen-bond donors (Lipinski definition) is 2. The van der Waals surface area contributed by atoms with Crippen LogP contribution in [0.4, 0.5) is 0 Å². The van der Waals surface area contributed by atoms with Gasteiger partial charge in [-0.3, -0.25) is 0 Å². The lowest BCUT2D eigenvalue weighted by molar-refractivity contribution is 0.593. The monoisotopic (exact) mass is 482 g/mol. The minimum atomic E-state index is 0. The number of aryl methyl sites for hydroxylation is 2. The van der Waals surface area contributed by atoms with Gasteiger partial charge in [-0.2, -0.15) is 0 Å². The zero-order valence-electron chi connectivity index (χ0n) is 16.3. The predicted molar refractivity (Wildman–Crippen MR) is 121 cm³/mol. The van der Waals surface area contributed by atoms with E-state index in [1.807, 2.05) is 0 Å². The van der Waals surface area contributed by atoms with Crippen LogP contribution in [0.1, 0.15) is 49.6 Å². The molecule has 1 aromatic heterocycles. The molecule has 1 aromatic carbocycles. The number of nitrogens with one attached hydrogen (secondary N) is 2. The van der Waals surface area contributed by atoms with Crippen LogP contribution >= 0.6 is 24.0 Å². The summed E-state index contributed by atoms with van der Waals surface area (Å²) in [6.45, 7) is 6.58. The van der Waals surface area contributed by atoms with Crippen LogP contribution in [0.3, 0.4) is 0 Å². The molecule has 0 bridgehead atoms. The number of guanidine groups is 1. The van der Waals surface area contributed by atoms with Crippen LogP contribution in [-0.4, -0.2) is 33.3 Å². The number of nitrogens with zero attached hydrogens (tertiary/aromatic N) is 4. The number of aliphatic imine (C=N–C) groups is 1. The highest BCUT2D eigenvalue weighted by Gasteiger charge is 2.16. The molecule has 0 radical (unpaired) electrons. The van der Waals surface area contributed by atoms with E-state index in [0.717, 1.165) is 31.3 Å². The Bertz CT molecular complexity index is 721. The zero-order valence-corrected chi connectivity index (χ0v) is 18.6. The van der Waals surface area contributed by atoms with E-state index in [0.29, 0.717) is 12.6 Å². The molecule has 0 amide bonds. The van der Waals surface area contributed by atoms with Gasteiger partial charge in [-0.05, 0) is 30.9 Å². The van der Waals surface area contributed by atoms with Crippen molar-refractivity contribution in [3.63, 3.8) is 0 Å².